The van der Waals surface area contributed by atoms with Crippen LogP contribution < -0.4 is 4.90 Å². The second kappa shape index (κ2) is 25.8. The minimum Gasteiger partial charge on any atom is -0.657 e. The third kappa shape index (κ3) is 17.0. The van der Waals surface area contributed by atoms with Gasteiger partial charge in [0.1, 0.15) is 0 Å². The molecule has 0 atom stereocenters. The van der Waals surface area contributed by atoms with Gasteiger partial charge in [0, 0.05) is 43.8 Å². The molecule has 5 aromatic carbocycles. The molecule has 0 unspecified atom stereocenters. The Labute approximate surface area is 325 Å². The van der Waals surface area contributed by atoms with E-state index in [4.69, 9.17) is 5.32 Å². The van der Waals surface area contributed by atoms with Crippen molar-refractivity contribution in [3.8, 4) is 0 Å². The van der Waals surface area contributed by atoms with Crippen LogP contribution in [0.1, 0.15) is 75.3 Å². The fraction of sp³-hybridized carbons (Fsp3) is 0.234. The Balaban J connectivity index is 0.000000836. The van der Waals surface area contributed by atoms with E-state index in [0.717, 1.165) is 34.6 Å². The molecule has 0 radical (unpaired) electrons. The van der Waals surface area contributed by atoms with Crippen LogP contribution in [0.25, 0.3) is 5.32 Å². The summed E-state index contributed by atoms with van der Waals surface area (Å²) < 4.78 is 0. The maximum absolute atomic E-state index is 4.97. The van der Waals surface area contributed by atoms with Crippen molar-refractivity contribution in [3.63, 3.8) is 0 Å². The van der Waals surface area contributed by atoms with E-state index >= 15 is 0 Å². The largest absolute Gasteiger partial charge is 0.657 e. The zero-order chi connectivity index (χ0) is 35.3. The van der Waals surface area contributed by atoms with Gasteiger partial charge in [0.2, 0.25) is 0 Å². The Bertz CT molecular complexity index is 1520. The van der Waals surface area contributed by atoms with Crippen LogP contribution in [-0.2, 0) is 25.8 Å². The number of unbranched alkanes of at least 4 members (excludes halogenated alkanes) is 1. The van der Waals surface area contributed by atoms with E-state index in [1.54, 1.807) is 0 Å². The zero-order valence-corrected chi connectivity index (χ0v) is 35.5. The van der Waals surface area contributed by atoms with Gasteiger partial charge in [0.05, 0.1) is 0 Å². The number of hydrogen-bond donors (Lipinski definition) is 0. The van der Waals surface area contributed by atoms with E-state index < -0.39 is 0 Å². The molecule has 0 aliphatic heterocycles. The normalized spacial score (nSPS) is 9.44. The van der Waals surface area contributed by atoms with Crippen LogP contribution >= 0.6 is 0 Å². The standard InChI is InChI=1S/C25H35N2.3C7H7.CH3.Hf/c1-8-9-17-27(25(18(2)3)19(4)5)24-16-12-15-23(21(24)7)26-22-14-11-10-13-20(22)6;3*1-7-5-3-2-4-6-7;;/h10-16,18H,8-9,17H2,1-7H3;3*2-6H,1H2;1H3;/q5*-1;. The number of rotatable bonds is 8. The van der Waals surface area contributed by atoms with E-state index in [1.165, 1.54) is 40.9 Å². The molecule has 0 aliphatic carbocycles. The molecule has 266 valence electrons. The van der Waals surface area contributed by atoms with Crippen molar-refractivity contribution in [1.29, 1.82) is 0 Å². The smallest absolute Gasteiger partial charge is 0.0425 e. The van der Waals surface area contributed by atoms with Crippen LogP contribution in [0.2, 0.25) is 0 Å². The van der Waals surface area contributed by atoms with Gasteiger partial charge in [0.15, 0.2) is 0 Å². The van der Waals surface area contributed by atoms with E-state index in [-0.39, 0.29) is 33.3 Å². The van der Waals surface area contributed by atoms with Gasteiger partial charge in [-0.2, -0.15) is 73.9 Å². The molecule has 0 bridgehead atoms. The van der Waals surface area contributed by atoms with Crippen LogP contribution in [0, 0.1) is 48.0 Å². The maximum atomic E-state index is 4.97. The summed E-state index contributed by atoms with van der Waals surface area (Å²) in [5.74, 6) is 0.489. The monoisotopic (exact) mass is 831 g/mol. The number of benzene rings is 5. The summed E-state index contributed by atoms with van der Waals surface area (Å²) in [7, 11) is 0. The molecule has 0 heterocycles. The molecular weight excluding hydrogens is 771 g/mol. The topological polar surface area (TPSA) is 17.3 Å². The van der Waals surface area contributed by atoms with Crippen molar-refractivity contribution >= 4 is 17.1 Å². The summed E-state index contributed by atoms with van der Waals surface area (Å²) in [6.45, 7) is 27.8. The molecule has 2 nitrogen and oxygen atoms in total. The van der Waals surface area contributed by atoms with Gasteiger partial charge in [0.25, 0.3) is 0 Å². The van der Waals surface area contributed by atoms with Crippen molar-refractivity contribution < 1.29 is 25.8 Å². The summed E-state index contributed by atoms with van der Waals surface area (Å²) in [4.78, 5) is 2.52. The first kappa shape index (κ1) is 45.9. The van der Waals surface area contributed by atoms with Gasteiger partial charge in [-0.15, -0.1) is 47.8 Å². The van der Waals surface area contributed by atoms with Gasteiger partial charge in [-0.1, -0.05) is 92.9 Å². The van der Waals surface area contributed by atoms with Crippen LogP contribution in [0.15, 0.2) is 145 Å². The Kier molecular flexibility index (Phi) is 23.7. The van der Waals surface area contributed by atoms with Crippen LogP contribution in [0.3, 0.4) is 0 Å². The third-order valence-corrected chi connectivity index (χ3v) is 7.54. The third-order valence-electron chi connectivity index (χ3n) is 7.54. The van der Waals surface area contributed by atoms with Crippen LogP contribution in [0.4, 0.5) is 17.1 Å². The molecule has 5 aromatic rings. The van der Waals surface area contributed by atoms with Crippen molar-refractivity contribution in [2.24, 2.45) is 5.92 Å². The number of aryl methyl sites for hydroxylation is 1. The molecule has 0 fully saturated rings. The first-order chi connectivity index (χ1) is 23.0. The molecule has 0 spiro atoms. The number of hydrogen-bond acceptors (Lipinski definition) is 1. The number of para-hydroxylation sites is 1. The van der Waals surface area contributed by atoms with E-state index in [2.05, 4.69) is 117 Å². The minimum atomic E-state index is 0. The molecule has 0 aliphatic rings. The summed E-state index contributed by atoms with van der Waals surface area (Å²) in [6.07, 6.45) is 2.37. The molecule has 0 saturated heterocycles. The Hall–Kier alpha value is -4.08. The predicted octanol–water partition coefficient (Wildman–Crippen LogP) is 14.3. The van der Waals surface area contributed by atoms with Gasteiger partial charge in [-0.3, -0.25) is 0 Å². The summed E-state index contributed by atoms with van der Waals surface area (Å²) >= 11 is 0. The van der Waals surface area contributed by atoms with Gasteiger partial charge < -0.3 is 17.6 Å². The molecule has 0 aromatic heterocycles. The van der Waals surface area contributed by atoms with Crippen molar-refractivity contribution in [2.45, 2.75) is 61.3 Å². The average molecular weight is 830 g/mol. The van der Waals surface area contributed by atoms with Crippen molar-refractivity contribution in [1.82, 2.24) is 0 Å². The van der Waals surface area contributed by atoms with Gasteiger partial charge in [-0.05, 0) is 51.7 Å². The first-order valence-electron chi connectivity index (χ1n) is 17.0. The minimum absolute atomic E-state index is 0. The number of nitrogens with zero attached hydrogens (tertiary/aromatic N) is 2. The van der Waals surface area contributed by atoms with Crippen molar-refractivity contribution in [3.05, 3.63) is 206 Å². The Morgan fingerprint density at radius 2 is 1.04 bits per heavy atom. The molecule has 5 rings (SSSR count). The van der Waals surface area contributed by atoms with E-state index in [9.17, 15) is 0 Å². The maximum Gasteiger partial charge on any atom is 0.0425 e. The van der Waals surface area contributed by atoms with Gasteiger partial charge in [-0.25, -0.2) is 0 Å². The second-order valence-electron chi connectivity index (χ2n) is 12.3. The van der Waals surface area contributed by atoms with Crippen molar-refractivity contribution in [2.75, 3.05) is 11.4 Å². The fourth-order valence-electron chi connectivity index (χ4n) is 5.12. The average Bonchev–Trinajstić information content (AvgIpc) is 3.07. The number of anilines is 1. The molecule has 0 N–H and O–H groups in total. The predicted molar refractivity (Wildman–Crippen MR) is 220 cm³/mol. The molecule has 3 heteroatoms. The zero-order valence-electron chi connectivity index (χ0n) is 31.9. The van der Waals surface area contributed by atoms with Crippen LogP contribution in [0.5, 0.6) is 0 Å². The number of allylic oxidation sites excluding steroid dienone is 2. The Morgan fingerprint density at radius 3 is 1.40 bits per heavy atom. The molecule has 50 heavy (non-hydrogen) atoms. The summed E-state index contributed by atoms with van der Waals surface area (Å²) in [5.41, 5.74) is 11.9. The quantitative estimate of drug-likeness (QED) is 0.112. The fourth-order valence-corrected chi connectivity index (χ4v) is 5.12. The molecule has 0 saturated carbocycles. The molecule has 0 amide bonds. The van der Waals surface area contributed by atoms with Crippen LogP contribution in [-0.4, -0.2) is 6.54 Å². The van der Waals surface area contributed by atoms with E-state index in [1.807, 2.05) is 91.0 Å². The van der Waals surface area contributed by atoms with E-state index in [0.29, 0.717) is 5.92 Å². The first-order valence-corrected chi connectivity index (χ1v) is 17.0. The SMILES string of the molecule is CCCCN(C(=C(C)C)C(C)C)c1cccc([N-]c2ccccc2C)c1C.[CH2-]c1ccccc1.[CH2-]c1ccccc1.[CH2-]c1ccccc1.[CH3-].[Hf]. The second-order valence-corrected chi connectivity index (χ2v) is 12.3. The summed E-state index contributed by atoms with van der Waals surface area (Å²) in [6, 6.07) is 44.5. The molecular formula is C47H59HfN2-5. The Morgan fingerprint density at radius 1 is 0.620 bits per heavy atom. The van der Waals surface area contributed by atoms with Gasteiger partial charge >= 0.3 is 0 Å². The summed E-state index contributed by atoms with van der Waals surface area (Å²) in [5, 5.41) is 4.97.